The number of phenolic OH excluding ortho intramolecular Hbond substituents is 1. The number of aryl methyl sites for hydroxylation is 1. The minimum atomic E-state index is -0.719. The van der Waals surface area contributed by atoms with E-state index in [0.717, 1.165) is 53.8 Å². The standard InChI is InChI=1S/C22H25NO3/c1-14-12-18(26-2)13-19-20(14)23-21(25)22(19,15-6-4-3-5-7-15)16-8-10-17(24)11-9-16/h8-13,15,24H,3-7H2,1-2H3,(H,23,25). The van der Waals surface area contributed by atoms with E-state index < -0.39 is 5.41 Å². The maximum absolute atomic E-state index is 13.5. The summed E-state index contributed by atoms with van der Waals surface area (Å²) in [6.45, 7) is 2.01. The van der Waals surface area contributed by atoms with Gasteiger partial charge >= 0.3 is 0 Å². The monoisotopic (exact) mass is 351 g/mol. The first-order chi connectivity index (χ1) is 12.6. The molecule has 0 spiro atoms. The molecule has 1 fully saturated rings. The van der Waals surface area contributed by atoms with Crippen LogP contribution in [0.15, 0.2) is 36.4 Å². The Morgan fingerprint density at radius 3 is 2.46 bits per heavy atom. The average Bonchev–Trinajstić information content (AvgIpc) is 2.96. The van der Waals surface area contributed by atoms with Gasteiger partial charge in [-0.25, -0.2) is 0 Å². The van der Waals surface area contributed by atoms with Crippen LogP contribution in [0.2, 0.25) is 0 Å². The smallest absolute Gasteiger partial charge is 0.239 e. The van der Waals surface area contributed by atoms with Crippen molar-refractivity contribution in [3.05, 3.63) is 53.1 Å². The van der Waals surface area contributed by atoms with Crippen molar-refractivity contribution in [3.8, 4) is 11.5 Å². The molecule has 136 valence electrons. The maximum atomic E-state index is 13.5. The number of rotatable bonds is 3. The molecule has 1 atom stereocenters. The molecular formula is C22H25NO3. The molecule has 26 heavy (non-hydrogen) atoms. The van der Waals surface area contributed by atoms with E-state index in [9.17, 15) is 9.90 Å². The van der Waals surface area contributed by atoms with Crippen LogP contribution in [-0.4, -0.2) is 18.1 Å². The fourth-order valence-corrected chi connectivity index (χ4v) is 4.87. The summed E-state index contributed by atoms with van der Waals surface area (Å²) >= 11 is 0. The Kier molecular flexibility index (Phi) is 4.14. The molecule has 1 saturated carbocycles. The summed E-state index contributed by atoms with van der Waals surface area (Å²) in [5.41, 5.74) is 3.17. The summed E-state index contributed by atoms with van der Waals surface area (Å²) < 4.78 is 5.51. The summed E-state index contributed by atoms with van der Waals surface area (Å²) in [7, 11) is 1.66. The molecule has 4 nitrogen and oxygen atoms in total. The zero-order valence-corrected chi connectivity index (χ0v) is 15.3. The Bertz CT molecular complexity index is 837. The number of carbonyl (C=O) groups excluding carboxylic acids is 1. The number of methoxy groups -OCH3 is 1. The molecule has 1 amide bonds. The van der Waals surface area contributed by atoms with E-state index in [2.05, 4.69) is 5.32 Å². The lowest BCUT2D eigenvalue weighted by molar-refractivity contribution is -0.121. The molecule has 4 rings (SSSR count). The van der Waals surface area contributed by atoms with Gasteiger partial charge in [0.05, 0.1) is 7.11 Å². The van der Waals surface area contributed by atoms with Crippen molar-refractivity contribution < 1.29 is 14.6 Å². The number of fused-ring (bicyclic) bond motifs is 1. The molecule has 2 N–H and O–H groups in total. The van der Waals surface area contributed by atoms with Crippen LogP contribution in [0.4, 0.5) is 5.69 Å². The van der Waals surface area contributed by atoms with Gasteiger partial charge in [0.2, 0.25) is 5.91 Å². The van der Waals surface area contributed by atoms with E-state index in [1.54, 1.807) is 19.2 Å². The van der Waals surface area contributed by atoms with Crippen molar-refractivity contribution in [2.24, 2.45) is 5.92 Å². The number of benzene rings is 2. The van der Waals surface area contributed by atoms with Crippen LogP contribution in [0.25, 0.3) is 0 Å². The zero-order chi connectivity index (χ0) is 18.3. The summed E-state index contributed by atoms with van der Waals surface area (Å²) in [6.07, 6.45) is 5.59. The summed E-state index contributed by atoms with van der Waals surface area (Å²) in [5.74, 6) is 1.28. The third-order valence-corrected chi connectivity index (χ3v) is 6.11. The molecule has 4 heteroatoms. The highest BCUT2D eigenvalue weighted by molar-refractivity contribution is 6.10. The predicted molar refractivity (Wildman–Crippen MR) is 102 cm³/mol. The second-order valence-corrected chi connectivity index (χ2v) is 7.51. The van der Waals surface area contributed by atoms with Gasteiger partial charge in [0, 0.05) is 5.69 Å². The predicted octanol–water partition coefficient (Wildman–Crippen LogP) is 4.53. The van der Waals surface area contributed by atoms with Gasteiger partial charge in [-0.15, -0.1) is 0 Å². The highest BCUT2D eigenvalue weighted by Crippen LogP contribution is 2.53. The van der Waals surface area contributed by atoms with Gasteiger partial charge in [-0.05, 0) is 66.6 Å². The first-order valence-corrected chi connectivity index (χ1v) is 9.37. The van der Waals surface area contributed by atoms with E-state index in [0.29, 0.717) is 0 Å². The molecule has 0 aromatic heterocycles. The number of nitrogens with one attached hydrogen (secondary N) is 1. The average molecular weight is 351 g/mol. The van der Waals surface area contributed by atoms with Gasteiger partial charge in [0.1, 0.15) is 16.9 Å². The summed E-state index contributed by atoms with van der Waals surface area (Å²) in [6, 6.07) is 11.1. The van der Waals surface area contributed by atoms with Crippen LogP contribution >= 0.6 is 0 Å². The Morgan fingerprint density at radius 2 is 1.81 bits per heavy atom. The highest BCUT2D eigenvalue weighted by Gasteiger charge is 2.54. The second kappa shape index (κ2) is 6.35. The SMILES string of the molecule is COc1cc(C)c2c(c1)C(c1ccc(O)cc1)(C1CCCCC1)C(=O)N2. The van der Waals surface area contributed by atoms with Crippen molar-refractivity contribution in [2.75, 3.05) is 12.4 Å². The fraction of sp³-hybridized carbons (Fsp3) is 0.409. The van der Waals surface area contributed by atoms with E-state index in [4.69, 9.17) is 4.74 Å². The fourth-order valence-electron chi connectivity index (χ4n) is 4.87. The lowest BCUT2D eigenvalue weighted by Crippen LogP contribution is -2.43. The van der Waals surface area contributed by atoms with E-state index in [1.807, 2.05) is 31.2 Å². The van der Waals surface area contributed by atoms with Gasteiger partial charge in [-0.2, -0.15) is 0 Å². The number of hydrogen-bond acceptors (Lipinski definition) is 3. The minimum absolute atomic E-state index is 0.0430. The number of ether oxygens (including phenoxy) is 1. The molecule has 0 bridgehead atoms. The van der Waals surface area contributed by atoms with Crippen molar-refractivity contribution in [2.45, 2.75) is 44.4 Å². The van der Waals surface area contributed by atoms with E-state index in [1.165, 1.54) is 6.42 Å². The van der Waals surface area contributed by atoms with Gasteiger partial charge in [-0.1, -0.05) is 31.4 Å². The normalized spacial score (nSPS) is 22.8. The highest BCUT2D eigenvalue weighted by atomic mass is 16.5. The van der Waals surface area contributed by atoms with Crippen molar-refractivity contribution in [3.63, 3.8) is 0 Å². The number of hydrogen-bond donors (Lipinski definition) is 2. The Balaban J connectivity index is 1.99. The van der Waals surface area contributed by atoms with Crippen LogP contribution < -0.4 is 10.1 Å². The number of phenols is 1. The second-order valence-electron chi connectivity index (χ2n) is 7.51. The first kappa shape index (κ1) is 17.0. The van der Waals surface area contributed by atoms with Gasteiger partial charge < -0.3 is 15.2 Å². The van der Waals surface area contributed by atoms with E-state index in [-0.39, 0.29) is 17.6 Å². The van der Waals surface area contributed by atoms with Crippen molar-refractivity contribution in [1.82, 2.24) is 0 Å². The molecule has 0 radical (unpaired) electrons. The topological polar surface area (TPSA) is 58.6 Å². The van der Waals surface area contributed by atoms with Crippen LogP contribution in [-0.2, 0) is 10.2 Å². The van der Waals surface area contributed by atoms with Crippen LogP contribution in [0.5, 0.6) is 11.5 Å². The van der Waals surface area contributed by atoms with Crippen molar-refractivity contribution >= 4 is 11.6 Å². The number of carbonyl (C=O) groups is 1. The third kappa shape index (κ3) is 2.39. The summed E-state index contributed by atoms with van der Waals surface area (Å²) in [5, 5.41) is 12.9. The molecule has 1 aliphatic carbocycles. The maximum Gasteiger partial charge on any atom is 0.239 e. The molecule has 2 aromatic rings. The molecule has 1 aliphatic heterocycles. The number of anilines is 1. The number of amides is 1. The molecule has 0 saturated heterocycles. The zero-order valence-electron chi connectivity index (χ0n) is 15.3. The van der Waals surface area contributed by atoms with Crippen molar-refractivity contribution in [1.29, 1.82) is 0 Å². The Labute approximate surface area is 154 Å². The lowest BCUT2D eigenvalue weighted by atomic mass is 9.62. The summed E-state index contributed by atoms with van der Waals surface area (Å²) in [4.78, 5) is 13.5. The Hall–Kier alpha value is -2.49. The van der Waals surface area contributed by atoms with Gasteiger partial charge in [0.25, 0.3) is 0 Å². The quantitative estimate of drug-likeness (QED) is 0.854. The van der Waals surface area contributed by atoms with Crippen LogP contribution in [0.1, 0.15) is 48.8 Å². The van der Waals surface area contributed by atoms with Crippen LogP contribution in [0, 0.1) is 12.8 Å². The molecule has 2 aliphatic rings. The van der Waals surface area contributed by atoms with Gasteiger partial charge in [-0.3, -0.25) is 4.79 Å². The molecule has 1 unspecified atom stereocenters. The largest absolute Gasteiger partial charge is 0.508 e. The molecular weight excluding hydrogens is 326 g/mol. The Morgan fingerprint density at radius 1 is 1.12 bits per heavy atom. The molecule has 1 heterocycles. The lowest BCUT2D eigenvalue weighted by Gasteiger charge is -2.39. The first-order valence-electron chi connectivity index (χ1n) is 9.37. The van der Waals surface area contributed by atoms with Crippen LogP contribution in [0.3, 0.4) is 0 Å². The molecule has 2 aromatic carbocycles. The minimum Gasteiger partial charge on any atom is -0.508 e. The number of aromatic hydroxyl groups is 1. The van der Waals surface area contributed by atoms with Gasteiger partial charge in [0.15, 0.2) is 0 Å². The van der Waals surface area contributed by atoms with E-state index >= 15 is 0 Å². The third-order valence-electron chi connectivity index (χ3n) is 6.11.